The molecule has 1 aliphatic rings. The van der Waals surface area contributed by atoms with Crippen molar-refractivity contribution in [1.82, 2.24) is 9.78 Å². The van der Waals surface area contributed by atoms with E-state index in [1.807, 2.05) is 66.7 Å². The number of hydrogen-bond donors (Lipinski definition) is 0. The molecule has 1 aromatic heterocycles. The summed E-state index contributed by atoms with van der Waals surface area (Å²) in [6, 6.07) is 17.6. The summed E-state index contributed by atoms with van der Waals surface area (Å²) in [4.78, 5) is 30.4. The first-order chi connectivity index (χ1) is 18.1. The number of aliphatic imine (C=N–C) groups is 1. The fourth-order valence-electron chi connectivity index (χ4n) is 4.41. The summed E-state index contributed by atoms with van der Waals surface area (Å²) in [6.07, 6.45) is 8.41. The monoisotopic (exact) mass is 512 g/mol. The van der Waals surface area contributed by atoms with Gasteiger partial charge < -0.3 is 14.9 Å². The van der Waals surface area contributed by atoms with Gasteiger partial charge in [-0.2, -0.15) is 4.68 Å². The molecule has 3 aromatic rings. The van der Waals surface area contributed by atoms with E-state index in [1.54, 1.807) is 27.8 Å². The van der Waals surface area contributed by atoms with Crippen LogP contribution in [0.3, 0.4) is 0 Å². The van der Waals surface area contributed by atoms with Gasteiger partial charge in [-0.1, -0.05) is 78.9 Å². The van der Waals surface area contributed by atoms with Gasteiger partial charge in [-0.05, 0) is 44.1 Å². The summed E-state index contributed by atoms with van der Waals surface area (Å²) in [5, 5.41) is 16.4. The van der Waals surface area contributed by atoms with Gasteiger partial charge in [0.1, 0.15) is 11.2 Å². The molecule has 4 rings (SSSR count). The minimum atomic E-state index is -1.30. The summed E-state index contributed by atoms with van der Waals surface area (Å²) in [7, 11) is 1.66. The molecule has 2 aromatic carbocycles. The minimum Gasteiger partial charge on any atom is -0.458 e. The lowest BCUT2D eigenvalue weighted by Crippen LogP contribution is -2.28. The maximum Gasteiger partial charge on any atom is 0.396 e. The van der Waals surface area contributed by atoms with Crippen molar-refractivity contribution in [2.24, 2.45) is 12.0 Å². The SMILES string of the molecule is Cn1nc([N+](=O)[O-])c([C@H](N=C(c2ccccc2)c2ccccc2)C(=O)OC(C)(C)C)c1CC1=CCCC=C1. The van der Waals surface area contributed by atoms with Crippen LogP contribution in [-0.4, -0.2) is 32.0 Å². The normalized spacial score (nSPS) is 13.9. The third kappa shape index (κ3) is 6.32. The van der Waals surface area contributed by atoms with Gasteiger partial charge in [-0.15, -0.1) is 0 Å². The molecule has 0 saturated carbocycles. The Morgan fingerprint density at radius 3 is 2.18 bits per heavy atom. The van der Waals surface area contributed by atoms with Gasteiger partial charge in [-0.25, -0.2) is 4.79 Å². The minimum absolute atomic E-state index is 0.149. The zero-order valence-electron chi connectivity index (χ0n) is 22.1. The number of aryl methyl sites for hydroxylation is 1. The van der Waals surface area contributed by atoms with E-state index < -0.39 is 28.4 Å². The first-order valence-corrected chi connectivity index (χ1v) is 12.6. The molecule has 0 N–H and O–H groups in total. The van der Waals surface area contributed by atoms with Crippen LogP contribution in [0.4, 0.5) is 5.82 Å². The zero-order chi connectivity index (χ0) is 27.3. The van der Waals surface area contributed by atoms with Gasteiger partial charge in [0.25, 0.3) is 0 Å². The van der Waals surface area contributed by atoms with Gasteiger partial charge in [0.15, 0.2) is 6.04 Å². The average molecular weight is 513 g/mol. The molecule has 8 heteroatoms. The fraction of sp³-hybridized carbons (Fsp3) is 0.300. The van der Waals surface area contributed by atoms with E-state index in [0.717, 1.165) is 29.5 Å². The van der Waals surface area contributed by atoms with E-state index in [-0.39, 0.29) is 5.56 Å². The highest BCUT2D eigenvalue weighted by atomic mass is 16.6. The number of carbonyl (C=O) groups is 1. The van der Waals surface area contributed by atoms with Crippen molar-refractivity contribution >= 4 is 17.5 Å². The Morgan fingerprint density at radius 1 is 1.08 bits per heavy atom. The van der Waals surface area contributed by atoms with Crippen LogP contribution in [0.5, 0.6) is 0 Å². The molecular weight excluding hydrogens is 480 g/mol. The Bertz CT molecular complexity index is 1360. The third-order valence-corrected chi connectivity index (χ3v) is 6.06. The molecule has 0 saturated heterocycles. The summed E-state index contributed by atoms with van der Waals surface area (Å²) >= 11 is 0. The molecule has 1 aliphatic carbocycles. The lowest BCUT2D eigenvalue weighted by molar-refractivity contribution is -0.390. The molecule has 0 aliphatic heterocycles. The van der Waals surface area contributed by atoms with E-state index in [4.69, 9.17) is 9.73 Å². The number of allylic oxidation sites excluding steroid dienone is 4. The van der Waals surface area contributed by atoms with Crippen molar-refractivity contribution < 1.29 is 14.5 Å². The van der Waals surface area contributed by atoms with Crippen molar-refractivity contribution in [3.8, 4) is 0 Å². The first-order valence-electron chi connectivity index (χ1n) is 12.6. The van der Waals surface area contributed by atoms with Gasteiger partial charge in [0, 0.05) is 17.5 Å². The van der Waals surface area contributed by atoms with E-state index in [9.17, 15) is 14.9 Å². The molecule has 0 bridgehead atoms. The van der Waals surface area contributed by atoms with Crippen LogP contribution in [0.25, 0.3) is 0 Å². The molecule has 0 fully saturated rings. The van der Waals surface area contributed by atoms with E-state index in [2.05, 4.69) is 17.3 Å². The smallest absolute Gasteiger partial charge is 0.396 e. The Kier molecular flexibility index (Phi) is 8.00. The second-order valence-corrected chi connectivity index (χ2v) is 10.1. The van der Waals surface area contributed by atoms with Crippen LogP contribution in [0.2, 0.25) is 0 Å². The standard InChI is InChI=1S/C30H32N4O4/c1-30(2,3)38-29(35)27(31-26(22-16-10-6-11-17-22)23-18-12-7-13-19-23)25-24(20-21-14-8-5-9-15-21)33(4)32-28(25)34(36)37/h6-8,10-19,27H,5,9,20H2,1-4H3/t27-/m0/s1. The van der Waals surface area contributed by atoms with E-state index in [0.29, 0.717) is 17.8 Å². The topological polar surface area (TPSA) is 99.6 Å². The lowest BCUT2D eigenvalue weighted by atomic mass is 9.96. The maximum absolute atomic E-state index is 13.8. The van der Waals surface area contributed by atoms with Crippen LogP contribution >= 0.6 is 0 Å². The van der Waals surface area contributed by atoms with Crippen molar-refractivity contribution in [2.75, 3.05) is 0 Å². The van der Waals surface area contributed by atoms with Crippen LogP contribution < -0.4 is 0 Å². The van der Waals surface area contributed by atoms with Crippen LogP contribution in [0.15, 0.2) is 89.5 Å². The molecule has 1 atom stereocenters. The van der Waals surface area contributed by atoms with Crippen molar-refractivity contribution in [3.05, 3.63) is 117 Å². The number of hydrogen-bond acceptors (Lipinski definition) is 6. The van der Waals surface area contributed by atoms with Gasteiger partial charge in [-0.3, -0.25) is 4.99 Å². The zero-order valence-corrected chi connectivity index (χ0v) is 22.1. The highest BCUT2D eigenvalue weighted by Crippen LogP contribution is 2.35. The second kappa shape index (κ2) is 11.4. The highest BCUT2D eigenvalue weighted by molar-refractivity contribution is 6.13. The molecular formula is C30H32N4O4. The van der Waals surface area contributed by atoms with Gasteiger partial charge in [0.2, 0.25) is 0 Å². The van der Waals surface area contributed by atoms with Crippen LogP contribution in [0.1, 0.15) is 62.0 Å². The Labute approximate surface area is 222 Å². The van der Waals surface area contributed by atoms with Crippen molar-refractivity contribution in [2.45, 2.75) is 51.7 Å². The number of rotatable bonds is 8. The number of benzene rings is 2. The number of aromatic nitrogens is 2. The maximum atomic E-state index is 13.8. The van der Waals surface area contributed by atoms with Crippen molar-refractivity contribution in [1.29, 1.82) is 0 Å². The molecule has 8 nitrogen and oxygen atoms in total. The molecule has 0 amide bonds. The van der Waals surface area contributed by atoms with Gasteiger partial charge in [0.05, 0.1) is 23.6 Å². The van der Waals surface area contributed by atoms with Crippen LogP contribution in [-0.2, 0) is 23.0 Å². The molecule has 0 unspecified atom stereocenters. The van der Waals surface area contributed by atoms with Crippen molar-refractivity contribution in [3.63, 3.8) is 0 Å². The first kappa shape index (κ1) is 26.7. The summed E-state index contributed by atoms with van der Waals surface area (Å²) in [5.41, 5.74) is 2.97. The number of nitrogens with zero attached hydrogens (tertiary/aromatic N) is 4. The fourth-order valence-corrected chi connectivity index (χ4v) is 4.41. The Hall–Kier alpha value is -4.33. The number of nitro groups is 1. The largest absolute Gasteiger partial charge is 0.458 e. The number of ether oxygens (including phenoxy) is 1. The predicted molar refractivity (Wildman–Crippen MR) is 147 cm³/mol. The van der Waals surface area contributed by atoms with E-state index >= 15 is 0 Å². The van der Waals surface area contributed by atoms with Gasteiger partial charge >= 0.3 is 11.8 Å². The lowest BCUT2D eigenvalue weighted by Gasteiger charge is -2.23. The third-order valence-electron chi connectivity index (χ3n) is 6.06. The number of esters is 1. The average Bonchev–Trinajstić information content (AvgIpc) is 3.21. The molecule has 0 radical (unpaired) electrons. The summed E-state index contributed by atoms with van der Waals surface area (Å²) in [5.74, 6) is -1.07. The molecule has 1 heterocycles. The molecule has 0 spiro atoms. The summed E-state index contributed by atoms with van der Waals surface area (Å²) in [6.45, 7) is 5.28. The number of carbonyl (C=O) groups excluding carboxylic acids is 1. The summed E-state index contributed by atoms with van der Waals surface area (Å²) < 4.78 is 7.26. The van der Waals surface area contributed by atoms with Crippen LogP contribution in [0, 0.1) is 10.1 Å². The molecule has 38 heavy (non-hydrogen) atoms. The Morgan fingerprint density at radius 2 is 1.68 bits per heavy atom. The quantitative estimate of drug-likeness (QED) is 0.158. The molecule has 196 valence electrons. The Balaban J connectivity index is 1.97. The van der Waals surface area contributed by atoms with E-state index in [1.165, 1.54) is 4.68 Å². The predicted octanol–water partition coefficient (Wildman–Crippen LogP) is 6.07. The second-order valence-electron chi connectivity index (χ2n) is 10.1. The highest BCUT2D eigenvalue weighted by Gasteiger charge is 2.39.